The molecule has 0 fully saturated rings. The molecule has 1 N–H and O–H groups in total. The summed E-state index contributed by atoms with van der Waals surface area (Å²) in [6, 6.07) is 0. The van der Waals surface area contributed by atoms with Crippen LogP contribution in [-0.2, 0) is 0 Å². The van der Waals surface area contributed by atoms with Crippen molar-refractivity contribution in [3.63, 3.8) is 0 Å². The van der Waals surface area contributed by atoms with E-state index in [4.69, 9.17) is 0 Å². The molecule has 0 spiro atoms. The minimum atomic E-state index is 0.992. The summed E-state index contributed by atoms with van der Waals surface area (Å²) in [4.78, 5) is 0. The largest absolute Gasteiger partial charge is 0.359 e. The van der Waals surface area contributed by atoms with Crippen LogP contribution >= 0.6 is 0 Å². The molecular formula is C9H13N. The Hall–Kier alpha value is -0.980. The van der Waals surface area contributed by atoms with E-state index in [0.717, 1.165) is 12.1 Å². The van der Waals surface area contributed by atoms with Crippen molar-refractivity contribution in [1.82, 2.24) is 5.32 Å². The molecule has 0 aliphatic carbocycles. The fraction of sp³-hybridized carbons (Fsp3) is 0.333. The molecule has 0 bridgehead atoms. The van der Waals surface area contributed by atoms with Crippen molar-refractivity contribution in [2.45, 2.75) is 19.8 Å². The quantitative estimate of drug-likeness (QED) is 0.612. The number of rotatable bonds is 2. The van der Waals surface area contributed by atoms with Crippen molar-refractivity contribution < 1.29 is 0 Å². The van der Waals surface area contributed by atoms with Crippen LogP contribution in [0.1, 0.15) is 19.8 Å². The van der Waals surface area contributed by atoms with Gasteiger partial charge in [-0.05, 0) is 18.6 Å². The molecule has 1 aliphatic rings. The summed E-state index contributed by atoms with van der Waals surface area (Å²) in [5.74, 6) is 0. The summed E-state index contributed by atoms with van der Waals surface area (Å²) in [6.45, 7) is 5.98. The molecule has 0 amide bonds. The second kappa shape index (κ2) is 3.25. The van der Waals surface area contributed by atoms with Crippen LogP contribution in [0.3, 0.4) is 0 Å². The van der Waals surface area contributed by atoms with Crippen molar-refractivity contribution in [3.8, 4) is 0 Å². The van der Waals surface area contributed by atoms with Crippen molar-refractivity contribution in [3.05, 3.63) is 36.2 Å². The van der Waals surface area contributed by atoms with Gasteiger partial charge in [0.2, 0.25) is 0 Å². The SMILES string of the molecule is C=C1C=CC=C(CCC)N1. The van der Waals surface area contributed by atoms with Gasteiger partial charge >= 0.3 is 0 Å². The summed E-state index contributed by atoms with van der Waals surface area (Å²) in [5, 5.41) is 3.20. The van der Waals surface area contributed by atoms with E-state index in [1.165, 1.54) is 12.1 Å². The van der Waals surface area contributed by atoms with Gasteiger partial charge in [0.15, 0.2) is 0 Å². The summed E-state index contributed by atoms with van der Waals surface area (Å²) >= 11 is 0. The second-order valence-corrected chi connectivity index (χ2v) is 2.45. The Balaban J connectivity index is 2.53. The molecule has 1 nitrogen and oxygen atoms in total. The van der Waals surface area contributed by atoms with Crippen LogP contribution in [0.25, 0.3) is 0 Å². The Bertz CT molecular complexity index is 187. The lowest BCUT2D eigenvalue weighted by Gasteiger charge is -2.12. The van der Waals surface area contributed by atoms with Gasteiger partial charge in [-0.3, -0.25) is 0 Å². The monoisotopic (exact) mass is 135 g/mol. The van der Waals surface area contributed by atoms with Crippen molar-refractivity contribution in [2.75, 3.05) is 0 Å². The van der Waals surface area contributed by atoms with E-state index in [1.807, 2.05) is 12.2 Å². The highest BCUT2D eigenvalue weighted by Crippen LogP contribution is 2.08. The zero-order valence-electron chi connectivity index (χ0n) is 6.35. The summed E-state index contributed by atoms with van der Waals surface area (Å²) in [5.41, 5.74) is 2.26. The van der Waals surface area contributed by atoms with Crippen molar-refractivity contribution in [1.29, 1.82) is 0 Å². The van der Waals surface area contributed by atoms with E-state index in [9.17, 15) is 0 Å². The molecule has 1 heterocycles. The van der Waals surface area contributed by atoms with Crippen LogP contribution in [0.4, 0.5) is 0 Å². The molecule has 1 heteroatoms. The molecule has 0 saturated carbocycles. The lowest BCUT2D eigenvalue weighted by atomic mass is 10.2. The topological polar surface area (TPSA) is 12.0 Å². The van der Waals surface area contributed by atoms with Gasteiger partial charge < -0.3 is 5.32 Å². The first-order valence-corrected chi connectivity index (χ1v) is 3.66. The highest BCUT2D eigenvalue weighted by molar-refractivity contribution is 5.29. The Morgan fingerprint density at radius 1 is 1.60 bits per heavy atom. The third kappa shape index (κ3) is 1.76. The van der Waals surface area contributed by atoms with Crippen LogP contribution in [-0.4, -0.2) is 0 Å². The third-order valence-electron chi connectivity index (χ3n) is 1.44. The number of hydrogen-bond acceptors (Lipinski definition) is 1. The number of hydrogen-bond donors (Lipinski definition) is 1. The molecule has 0 saturated heterocycles. The van der Waals surface area contributed by atoms with Gasteiger partial charge in [-0.15, -0.1) is 0 Å². The van der Waals surface area contributed by atoms with Gasteiger partial charge in [-0.2, -0.15) is 0 Å². The predicted octanol–water partition coefficient (Wildman–Crippen LogP) is 2.34. The molecule has 0 atom stereocenters. The fourth-order valence-electron chi connectivity index (χ4n) is 0.985. The number of allylic oxidation sites excluding steroid dienone is 4. The average molecular weight is 135 g/mol. The van der Waals surface area contributed by atoms with E-state index in [2.05, 4.69) is 24.9 Å². The Morgan fingerprint density at radius 3 is 3.00 bits per heavy atom. The lowest BCUT2D eigenvalue weighted by molar-refractivity contribution is 0.820. The van der Waals surface area contributed by atoms with Gasteiger partial charge in [0.1, 0.15) is 0 Å². The Labute approximate surface area is 62.1 Å². The van der Waals surface area contributed by atoms with Crippen LogP contribution in [0.5, 0.6) is 0 Å². The zero-order valence-corrected chi connectivity index (χ0v) is 6.35. The zero-order chi connectivity index (χ0) is 7.40. The van der Waals surface area contributed by atoms with Crippen LogP contribution in [0.2, 0.25) is 0 Å². The van der Waals surface area contributed by atoms with Gasteiger partial charge in [-0.1, -0.05) is 26.0 Å². The van der Waals surface area contributed by atoms with Crippen molar-refractivity contribution in [2.24, 2.45) is 0 Å². The number of dihydropyridines is 1. The van der Waals surface area contributed by atoms with Crippen LogP contribution in [0, 0.1) is 0 Å². The van der Waals surface area contributed by atoms with Gasteiger partial charge in [-0.25, -0.2) is 0 Å². The van der Waals surface area contributed by atoms with Gasteiger partial charge in [0.25, 0.3) is 0 Å². The maximum Gasteiger partial charge on any atom is 0.0308 e. The molecule has 0 aromatic heterocycles. The van der Waals surface area contributed by atoms with E-state index < -0.39 is 0 Å². The molecule has 0 aromatic carbocycles. The highest BCUT2D eigenvalue weighted by atomic mass is 14.9. The van der Waals surface area contributed by atoms with E-state index in [0.29, 0.717) is 0 Å². The molecular weight excluding hydrogens is 122 g/mol. The molecule has 1 rings (SSSR count). The van der Waals surface area contributed by atoms with E-state index >= 15 is 0 Å². The minimum absolute atomic E-state index is 0.992. The Kier molecular flexibility index (Phi) is 2.32. The standard InChI is InChI=1S/C9H13N/c1-3-5-9-7-4-6-8(2)10-9/h4,6-7,10H,2-3,5H2,1H3. The smallest absolute Gasteiger partial charge is 0.0308 e. The van der Waals surface area contributed by atoms with E-state index in [1.54, 1.807) is 0 Å². The highest BCUT2D eigenvalue weighted by Gasteiger charge is 1.97. The first kappa shape index (κ1) is 7.13. The molecule has 1 aliphatic heterocycles. The first-order chi connectivity index (χ1) is 4.83. The fourth-order valence-corrected chi connectivity index (χ4v) is 0.985. The first-order valence-electron chi connectivity index (χ1n) is 3.66. The molecule has 0 unspecified atom stereocenters. The third-order valence-corrected chi connectivity index (χ3v) is 1.44. The molecule has 10 heavy (non-hydrogen) atoms. The molecule has 0 radical (unpaired) electrons. The molecule has 54 valence electrons. The van der Waals surface area contributed by atoms with Crippen LogP contribution < -0.4 is 5.32 Å². The molecule has 0 aromatic rings. The maximum absolute atomic E-state index is 3.81. The maximum atomic E-state index is 3.81. The summed E-state index contributed by atoms with van der Waals surface area (Å²) in [6.07, 6.45) is 8.39. The summed E-state index contributed by atoms with van der Waals surface area (Å²) < 4.78 is 0. The van der Waals surface area contributed by atoms with Crippen molar-refractivity contribution >= 4 is 0 Å². The summed E-state index contributed by atoms with van der Waals surface area (Å²) in [7, 11) is 0. The van der Waals surface area contributed by atoms with Gasteiger partial charge in [0, 0.05) is 11.4 Å². The van der Waals surface area contributed by atoms with Gasteiger partial charge in [0.05, 0.1) is 0 Å². The lowest BCUT2D eigenvalue weighted by Crippen LogP contribution is -2.12. The average Bonchev–Trinajstić information content (AvgIpc) is 1.88. The minimum Gasteiger partial charge on any atom is -0.359 e. The van der Waals surface area contributed by atoms with Crippen LogP contribution in [0.15, 0.2) is 36.2 Å². The van der Waals surface area contributed by atoms with E-state index in [-0.39, 0.29) is 0 Å². The Morgan fingerprint density at radius 2 is 2.40 bits per heavy atom. The normalized spacial score (nSPS) is 16.5. The predicted molar refractivity (Wildman–Crippen MR) is 44.4 cm³/mol. The second-order valence-electron chi connectivity index (χ2n) is 2.45. The number of nitrogens with one attached hydrogen (secondary N) is 1.